The van der Waals surface area contributed by atoms with Gasteiger partial charge in [0.15, 0.2) is 5.96 Å². The summed E-state index contributed by atoms with van der Waals surface area (Å²) in [4.78, 5) is 4.09. The molecule has 2 N–H and O–H groups in total. The van der Waals surface area contributed by atoms with Gasteiger partial charge in [-0.1, -0.05) is 6.92 Å². The van der Waals surface area contributed by atoms with Crippen LogP contribution in [0.2, 0.25) is 0 Å². The Morgan fingerprint density at radius 1 is 1.24 bits per heavy atom. The van der Waals surface area contributed by atoms with Crippen molar-refractivity contribution < 1.29 is 13.2 Å². The molecule has 21 heavy (non-hydrogen) atoms. The van der Waals surface area contributed by atoms with E-state index in [0.29, 0.717) is 26.2 Å². The van der Waals surface area contributed by atoms with E-state index in [2.05, 4.69) is 15.6 Å². The standard InChI is InChI=1S/C12H28N4O3S.HI/c1-5-16(20(4,17)18)10-6-8-14-12(13-2)15-9-7-11-19-3;/h5-11H2,1-4H3,(H2,13,14,15);1H. The van der Waals surface area contributed by atoms with Crippen molar-refractivity contribution in [2.24, 2.45) is 4.99 Å². The Bertz CT molecular complexity index is 377. The summed E-state index contributed by atoms with van der Waals surface area (Å²) in [7, 11) is 0.288. The molecule has 0 saturated heterocycles. The van der Waals surface area contributed by atoms with Crippen molar-refractivity contribution in [3.05, 3.63) is 0 Å². The Balaban J connectivity index is 0. The maximum atomic E-state index is 11.4. The molecular weight excluding hydrogens is 407 g/mol. The second kappa shape index (κ2) is 13.5. The lowest BCUT2D eigenvalue weighted by Gasteiger charge is -2.18. The minimum absolute atomic E-state index is 0. The van der Waals surface area contributed by atoms with Crippen LogP contribution in [0.25, 0.3) is 0 Å². The van der Waals surface area contributed by atoms with E-state index < -0.39 is 10.0 Å². The largest absolute Gasteiger partial charge is 0.385 e. The first-order valence-corrected chi connectivity index (χ1v) is 8.69. The van der Waals surface area contributed by atoms with Gasteiger partial charge in [-0.25, -0.2) is 12.7 Å². The van der Waals surface area contributed by atoms with Crippen LogP contribution in [-0.4, -0.2) is 71.9 Å². The third-order valence-electron chi connectivity index (χ3n) is 2.74. The average molecular weight is 436 g/mol. The van der Waals surface area contributed by atoms with Gasteiger partial charge in [0.05, 0.1) is 6.26 Å². The van der Waals surface area contributed by atoms with Crippen molar-refractivity contribution >= 4 is 40.0 Å². The number of guanidine groups is 1. The Morgan fingerprint density at radius 2 is 1.81 bits per heavy atom. The fraction of sp³-hybridized carbons (Fsp3) is 0.917. The van der Waals surface area contributed by atoms with Gasteiger partial charge in [-0.05, 0) is 12.8 Å². The summed E-state index contributed by atoms with van der Waals surface area (Å²) in [6.07, 6.45) is 2.88. The molecule has 0 aromatic heterocycles. The van der Waals surface area contributed by atoms with Crippen LogP contribution in [0.15, 0.2) is 4.99 Å². The first-order chi connectivity index (χ1) is 9.45. The molecule has 0 fully saturated rings. The van der Waals surface area contributed by atoms with Gasteiger partial charge in [0.25, 0.3) is 0 Å². The molecule has 0 aromatic carbocycles. The van der Waals surface area contributed by atoms with Gasteiger partial charge in [0, 0.05) is 46.9 Å². The number of ether oxygens (including phenoxy) is 1. The normalized spacial score (nSPS) is 12.1. The molecule has 0 spiro atoms. The van der Waals surface area contributed by atoms with Crippen LogP contribution >= 0.6 is 24.0 Å². The topological polar surface area (TPSA) is 83.0 Å². The molecule has 9 heteroatoms. The molecule has 0 amide bonds. The molecule has 0 saturated carbocycles. The van der Waals surface area contributed by atoms with Gasteiger partial charge in [-0.2, -0.15) is 0 Å². The Labute approximate surface area is 146 Å². The molecule has 0 aromatic rings. The van der Waals surface area contributed by atoms with E-state index in [9.17, 15) is 8.42 Å². The minimum Gasteiger partial charge on any atom is -0.385 e. The fourth-order valence-corrected chi connectivity index (χ4v) is 2.59. The van der Waals surface area contributed by atoms with E-state index in [1.165, 1.54) is 10.6 Å². The van der Waals surface area contributed by atoms with Gasteiger partial charge in [-0.3, -0.25) is 4.99 Å². The Hall–Kier alpha value is -0.130. The summed E-state index contributed by atoms with van der Waals surface area (Å²) in [5.74, 6) is 0.725. The molecule has 7 nitrogen and oxygen atoms in total. The van der Waals surface area contributed by atoms with Crippen LogP contribution in [0.5, 0.6) is 0 Å². The van der Waals surface area contributed by atoms with Gasteiger partial charge in [0.1, 0.15) is 0 Å². The van der Waals surface area contributed by atoms with Gasteiger partial charge in [0.2, 0.25) is 10.0 Å². The molecule has 0 radical (unpaired) electrons. The van der Waals surface area contributed by atoms with E-state index in [-0.39, 0.29) is 24.0 Å². The van der Waals surface area contributed by atoms with Crippen molar-refractivity contribution in [3.63, 3.8) is 0 Å². The smallest absolute Gasteiger partial charge is 0.211 e. The number of nitrogens with one attached hydrogen (secondary N) is 2. The molecule has 0 aliphatic carbocycles. The quantitative estimate of drug-likeness (QED) is 0.225. The van der Waals surface area contributed by atoms with Crippen LogP contribution in [0.1, 0.15) is 19.8 Å². The van der Waals surface area contributed by atoms with Crippen molar-refractivity contribution in [2.45, 2.75) is 19.8 Å². The van der Waals surface area contributed by atoms with Crippen LogP contribution in [0, 0.1) is 0 Å². The molecule has 0 bridgehead atoms. The Kier molecular flexibility index (Phi) is 14.9. The molecule has 0 atom stereocenters. The monoisotopic (exact) mass is 436 g/mol. The van der Waals surface area contributed by atoms with Crippen LogP contribution in [0.3, 0.4) is 0 Å². The van der Waals surface area contributed by atoms with Crippen molar-refractivity contribution in [2.75, 3.05) is 53.2 Å². The number of sulfonamides is 1. The highest BCUT2D eigenvalue weighted by Crippen LogP contribution is 1.98. The number of rotatable bonds is 10. The van der Waals surface area contributed by atoms with Crippen molar-refractivity contribution in [1.29, 1.82) is 0 Å². The summed E-state index contributed by atoms with van der Waals surface area (Å²) >= 11 is 0. The van der Waals surface area contributed by atoms with E-state index in [1.807, 2.05) is 6.92 Å². The van der Waals surface area contributed by atoms with E-state index in [1.54, 1.807) is 14.2 Å². The number of aliphatic imine (C=N–C) groups is 1. The predicted octanol–water partition coefficient (Wildman–Crippen LogP) is 0.478. The molecule has 128 valence electrons. The van der Waals surface area contributed by atoms with Crippen molar-refractivity contribution in [3.8, 4) is 0 Å². The number of methoxy groups -OCH3 is 1. The average Bonchev–Trinajstić information content (AvgIpc) is 2.39. The minimum atomic E-state index is -3.10. The summed E-state index contributed by atoms with van der Waals surface area (Å²) < 4.78 is 29.2. The zero-order chi connectivity index (χ0) is 15.4. The molecule has 0 rings (SSSR count). The number of nitrogens with zero attached hydrogens (tertiary/aromatic N) is 2. The second-order valence-electron chi connectivity index (χ2n) is 4.38. The number of hydrogen-bond acceptors (Lipinski definition) is 4. The van der Waals surface area contributed by atoms with Crippen LogP contribution in [0.4, 0.5) is 0 Å². The highest BCUT2D eigenvalue weighted by atomic mass is 127. The molecule has 0 aliphatic rings. The lowest BCUT2D eigenvalue weighted by Crippen LogP contribution is -2.39. The van der Waals surface area contributed by atoms with Gasteiger partial charge in [-0.15, -0.1) is 24.0 Å². The molecular formula is C12H29IN4O3S. The van der Waals surface area contributed by atoms with Crippen LogP contribution < -0.4 is 10.6 Å². The molecule has 0 unspecified atom stereocenters. The SMILES string of the molecule is CCN(CCCNC(=NC)NCCCOC)S(C)(=O)=O.I. The lowest BCUT2D eigenvalue weighted by molar-refractivity contribution is 0.195. The maximum Gasteiger partial charge on any atom is 0.211 e. The third-order valence-corrected chi connectivity index (χ3v) is 4.12. The lowest BCUT2D eigenvalue weighted by atomic mass is 10.4. The number of halogens is 1. The summed E-state index contributed by atoms with van der Waals surface area (Å²) in [6.45, 7) is 5.04. The number of hydrogen-bond donors (Lipinski definition) is 2. The second-order valence-corrected chi connectivity index (χ2v) is 6.36. The van der Waals surface area contributed by atoms with E-state index in [4.69, 9.17) is 4.74 Å². The van der Waals surface area contributed by atoms with Gasteiger partial charge >= 0.3 is 0 Å². The predicted molar refractivity (Wildman–Crippen MR) is 98.0 cm³/mol. The fourth-order valence-electron chi connectivity index (χ4n) is 1.66. The highest BCUT2D eigenvalue weighted by molar-refractivity contribution is 14.0. The summed E-state index contributed by atoms with van der Waals surface area (Å²) in [5, 5.41) is 6.32. The Morgan fingerprint density at radius 3 is 2.24 bits per heavy atom. The summed E-state index contributed by atoms with van der Waals surface area (Å²) in [6, 6.07) is 0. The zero-order valence-corrected chi connectivity index (χ0v) is 16.5. The van der Waals surface area contributed by atoms with E-state index >= 15 is 0 Å². The third kappa shape index (κ3) is 12.1. The molecule has 0 aliphatic heterocycles. The summed E-state index contributed by atoms with van der Waals surface area (Å²) in [5.41, 5.74) is 0. The molecule has 0 heterocycles. The first kappa shape index (κ1) is 23.1. The highest BCUT2D eigenvalue weighted by Gasteiger charge is 2.13. The maximum absolute atomic E-state index is 11.4. The van der Waals surface area contributed by atoms with Crippen molar-refractivity contribution in [1.82, 2.24) is 14.9 Å². The zero-order valence-electron chi connectivity index (χ0n) is 13.4. The van der Waals surface area contributed by atoms with E-state index in [0.717, 1.165) is 25.3 Å². The first-order valence-electron chi connectivity index (χ1n) is 6.84. The van der Waals surface area contributed by atoms with Crippen LogP contribution in [-0.2, 0) is 14.8 Å². The van der Waals surface area contributed by atoms with Gasteiger partial charge < -0.3 is 15.4 Å².